The van der Waals surface area contributed by atoms with Crippen molar-refractivity contribution in [1.29, 1.82) is 0 Å². The van der Waals surface area contributed by atoms with Crippen molar-refractivity contribution in [3.8, 4) is 0 Å². The maximum atomic E-state index is 14.0. The van der Waals surface area contributed by atoms with Crippen LogP contribution >= 0.6 is 0 Å². The first-order valence-corrected chi connectivity index (χ1v) is 10.7. The molecule has 1 saturated heterocycles. The van der Waals surface area contributed by atoms with Gasteiger partial charge in [-0.1, -0.05) is 29.8 Å². The van der Waals surface area contributed by atoms with Crippen molar-refractivity contribution in [2.45, 2.75) is 17.9 Å². The van der Waals surface area contributed by atoms with Crippen molar-refractivity contribution >= 4 is 10.0 Å². The first kappa shape index (κ1) is 20.9. The molecule has 1 aliphatic rings. The van der Waals surface area contributed by atoms with Crippen LogP contribution in [0.25, 0.3) is 0 Å². The van der Waals surface area contributed by atoms with E-state index in [1.54, 1.807) is 0 Å². The van der Waals surface area contributed by atoms with E-state index in [9.17, 15) is 17.2 Å². The molecule has 1 aliphatic heterocycles. The number of aryl methyl sites for hydroxylation is 1. The lowest BCUT2D eigenvalue weighted by molar-refractivity contribution is 0.113. The summed E-state index contributed by atoms with van der Waals surface area (Å²) < 4.78 is 55.0. The molecule has 1 heterocycles. The molecule has 2 aromatic rings. The lowest BCUT2D eigenvalue weighted by Crippen LogP contribution is -2.48. The van der Waals surface area contributed by atoms with Crippen LogP contribution < -0.4 is 4.72 Å². The summed E-state index contributed by atoms with van der Waals surface area (Å²) in [6.07, 6.45) is 0. The Bertz CT molecular complexity index is 912. The highest BCUT2D eigenvalue weighted by Crippen LogP contribution is 2.23. The number of benzene rings is 2. The summed E-state index contributed by atoms with van der Waals surface area (Å²) >= 11 is 0. The molecule has 0 aromatic heterocycles. The first-order valence-electron chi connectivity index (χ1n) is 9.20. The lowest BCUT2D eigenvalue weighted by Gasteiger charge is -2.38. The summed E-state index contributed by atoms with van der Waals surface area (Å²) in [4.78, 5) is 3.76. The number of hydrogen-bond acceptors (Lipinski definition) is 4. The third kappa shape index (κ3) is 4.94. The zero-order valence-corrected chi connectivity index (χ0v) is 16.8. The summed E-state index contributed by atoms with van der Waals surface area (Å²) in [6.45, 7) is 5.42. The van der Waals surface area contributed by atoms with Crippen molar-refractivity contribution in [2.24, 2.45) is 0 Å². The van der Waals surface area contributed by atoms with E-state index in [1.165, 1.54) is 0 Å². The maximum absolute atomic E-state index is 14.0. The SMILES string of the molecule is Cc1ccc([C@@H](CNS(=O)(=O)c2cc(F)ccc2F)N2CCN(C)CC2)cc1. The van der Waals surface area contributed by atoms with E-state index < -0.39 is 26.6 Å². The zero-order chi connectivity index (χ0) is 20.3. The molecule has 28 heavy (non-hydrogen) atoms. The number of rotatable bonds is 6. The van der Waals surface area contributed by atoms with Gasteiger partial charge in [-0.25, -0.2) is 21.9 Å². The summed E-state index contributed by atoms with van der Waals surface area (Å²) in [6, 6.07) is 10.2. The molecule has 1 fully saturated rings. The van der Waals surface area contributed by atoms with E-state index >= 15 is 0 Å². The molecular weight excluding hydrogens is 384 g/mol. The van der Waals surface area contributed by atoms with Gasteiger partial charge in [0.2, 0.25) is 10.0 Å². The second kappa shape index (κ2) is 8.65. The van der Waals surface area contributed by atoms with Crippen molar-refractivity contribution < 1.29 is 17.2 Å². The molecule has 3 rings (SSSR count). The van der Waals surface area contributed by atoms with Gasteiger partial charge >= 0.3 is 0 Å². The highest BCUT2D eigenvalue weighted by Gasteiger charge is 2.27. The van der Waals surface area contributed by atoms with E-state index in [4.69, 9.17) is 0 Å². The molecule has 0 aliphatic carbocycles. The maximum Gasteiger partial charge on any atom is 0.243 e. The quantitative estimate of drug-likeness (QED) is 0.797. The summed E-state index contributed by atoms with van der Waals surface area (Å²) in [5.74, 6) is -1.77. The third-order valence-corrected chi connectivity index (χ3v) is 6.53. The van der Waals surface area contributed by atoms with Crippen LogP contribution in [-0.2, 0) is 10.0 Å². The van der Waals surface area contributed by atoms with Crippen LogP contribution in [0.5, 0.6) is 0 Å². The zero-order valence-electron chi connectivity index (χ0n) is 16.0. The Hall–Kier alpha value is -1.87. The lowest BCUT2D eigenvalue weighted by atomic mass is 10.0. The molecule has 0 bridgehead atoms. The van der Waals surface area contributed by atoms with Gasteiger partial charge in [-0.3, -0.25) is 4.90 Å². The molecule has 1 atom stereocenters. The summed E-state index contributed by atoms with van der Waals surface area (Å²) in [5.41, 5.74) is 2.10. The number of likely N-dealkylation sites (N-methyl/N-ethyl adjacent to an activating group) is 1. The minimum Gasteiger partial charge on any atom is -0.304 e. The van der Waals surface area contributed by atoms with Crippen molar-refractivity contribution in [1.82, 2.24) is 14.5 Å². The minimum atomic E-state index is -4.18. The largest absolute Gasteiger partial charge is 0.304 e. The highest BCUT2D eigenvalue weighted by atomic mass is 32.2. The van der Waals surface area contributed by atoms with E-state index in [1.807, 2.05) is 38.2 Å². The van der Waals surface area contributed by atoms with Gasteiger partial charge in [0.05, 0.1) is 0 Å². The normalized spacial score (nSPS) is 17.6. The standard InChI is InChI=1S/C20H25F2N3O2S/c1-15-3-5-16(6-4-15)19(25-11-9-24(2)10-12-25)14-23-28(26,27)20-13-17(21)7-8-18(20)22/h3-8,13,19,23H,9-12,14H2,1-2H3/t19-/m1/s1. The second-order valence-corrected chi connectivity index (χ2v) is 8.93. The van der Waals surface area contributed by atoms with Crippen LogP contribution in [-0.4, -0.2) is 58.0 Å². The summed E-state index contributed by atoms with van der Waals surface area (Å²) in [5, 5.41) is 0. The topological polar surface area (TPSA) is 52.7 Å². The predicted octanol–water partition coefficient (Wildman–Crippen LogP) is 2.54. The number of nitrogens with one attached hydrogen (secondary N) is 1. The number of hydrogen-bond donors (Lipinski definition) is 1. The van der Waals surface area contributed by atoms with Gasteiger partial charge < -0.3 is 4.90 Å². The molecule has 0 radical (unpaired) electrons. The Morgan fingerprint density at radius 2 is 1.68 bits per heavy atom. The van der Waals surface area contributed by atoms with Gasteiger partial charge in [0.1, 0.15) is 16.5 Å². The van der Waals surface area contributed by atoms with E-state index in [0.29, 0.717) is 6.07 Å². The van der Waals surface area contributed by atoms with Crippen LogP contribution in [0.1, 0.15) is 17.2 Å². The number of nitrogens with zero attached hydrogens (tertiary/aromatic N) is 2. The molecule has 0 unspecified atom stereocenters. The fraction of sp³-hybridized carbons (Fsp3) is 0.400. The first-order chi connectivity index (χ1) is 13.3. The molecule has 5 nitrogen and oxygen atoms in total. The number of piperazine rings is 1. The predicted molar refractivity (Wildman–Crippen MR) is 105 cm³/mol. The van der Waals surface area contributed by atoms with Crippen LogP contribution in [0, 0.1) is 18.6 Å². The van der Waals surface area contributed by atoms with Gasteiger partial charge in [-0.2, -0.15) is 0 Å². The molecular formula is C20H25F2N3O2S. The molecule has 2 aromatic carbocycles. The van der Waals surface area contributed by atoms with Gasteiger partial charge in [0.15, 0.2) is 0 Å². The molecule has 152 valence electrons. The van der Waals surface area contributed by atoms with Crippen LogP contribution in [0.15, 0.2) is 47.4 Å². The van der Waals surface area contributed by atoms with E-state index in [2.05, 4.69) is 14.5 Å². The van der Waals surface area contributed by atoms with Crippen molar-refractivity contribution in [2.75, 3.05) is 39.8 Å². The highest BCUT2D eigenvalue weighted by molar-refractivity contribution is 7.89. The Morgan fingerprint density at radius 3 is 2.32 bits per heavy atom. The Kier molecular flexibility index (Phi) is 6.44. The molecule has 1 N–H and O–H groups in total. The average molecular weight is 410 g/mol. The molecule has 0 saturated carbocycles. The average Bonchev–Trinajstić information content (AvgIpc) is 2.66. The Labute approximate surface area is 165 Å². The Morgan fingerprint density at radius 1 is 1.04 bits per heavy atom. The summed E-state index contributed by atoms with van der Waals surface area (Å²) in [7, 11) is -2.13. The van der Waals surface area contributed by atoms with Gasteiger partial charge in [-0.15, -0.1) is 0 Å². The second-order valence-electron chi connectivity index (χ2n) is 7.19. The van der Waals surface area contributed by atoms with Gasteiger partial charge in [0.25, 0.3) is 0 Å². The van der Waals surface area contributed by atoms with Gasteiger partial charge in [0, 0.05) is 38.8 Å². The molecule has 0 amide bonds. The minimum absolute atomic E-state index is 0.0745. The number of halogens is 2. The molecule has 0 spiro atoms. The van der Waals surface area contributed by atoms with E-state index in [0.717, 1.165) is 49.4 Å². The van der Waals surface area contributed by atoms with Crippen LogP contribution in [0.4, 0.5) is 8.78 Å². The van der Waals surface area contributed by atoms with Crippen molar-refractivity contribution in [3.63, 3.8) is 0 Å². The molecule has 8 heteroatoms. The Balaban J connectivity index is 1.83. The monoisotopic (exact) mass is 409 g/mol. The van der Waals surface area contributed by atoms with Crippen molar-refractivity contribution in [3.05, 3.63) is 65.2 Å². The smallest absolute Gasteiger partial charge is 0.243 e. The van der Waals surface area contributed by atoms with E-state index in [-0.39, 0.29) is 12.6 Å². The fourth-order valence-corrected chi connectivity index (χ4v) is 4.45. The number of sulfonamides is 1. The van der Waals surface area contributed by atoms with Crippen LogP contribution in [0.2, 0.25) is 0 Å². The fourth-order valence-electron chi connectivity index (χ4n) is 3.33. The van der Waals surface area contributed by atoms with Gasteiger partial charge in [-0.05, 0) is 37.7 Å². The third-order valence-electron chi connectivity index (χ3n) is 5.09. The van der Waals surface area contributed by atoms with Crippen LogP contribution in [0.3, 0.4) is 0 Å².